The van der Waals surface area contributed by atoms with Crippen LogP contribution in [-0.2, 0) is 4.79 Å². The SMILES string of the molecule is CC1CCCCC1(NC(=O)c1ccncc1)C(=O)O. The minimum absolute atomic E-state index is 0.0652. The Morgan fingerprint density at radius 1 is 1.37 bits per heavy atom. The molecule has 1 aliphatic carbocycles. The molecule has 2 N–H and O–H groups in total. The number of carboxylic acid groups (broad SMARTS) is 1. The number of nitrogens with zero attached hydrogens (tertiary/aromatic N) is 1. The van der Waals surface area contributed by atoms with Gasteiger partial charge in [0.2, 0.25) is 0 Å². The highest BCUT2D eigenvalue weighted by molar-refractivity contribution is 5.97. The standard InChI is InChI=1S/C14H18N2O3/c1-10-4-2-3-7-14(10,13(18)19)16-12(17)11-5-8-15-9-6-11/h5-6,8-10H,2-4,7H2,1H3,(H,16,17)(H,18,19). The fourth-order valence-electron chi connectivity index (χ4n) is 2.68. The zero-order valence-corrected chi connectivity index (χ0v) is 10.9. The van der Waals surface area contributed by atoms with Crippen LogP contribution in [0.5, 0.6) is 0 Å². The summed E-state index contributed by atoms with van der Waals surface area (Å²) in [5, 5.41) is 12.3. The van der Waals surface area contributed by atoms with Crippen molar-refractivity contribution in [1.29, 1.82) is 0 Å². The number of nitrogens with one attached hydrogen (secondary N) is 1. The first-order chi connectivity index (χ1) is 9.06. The van der Waals surface area contributed by atoms with E-state index in [4.69, 9.17) is 0 Å². The lowest BCUT2D eigenvalue weighted by Gasteiger charge is -2.39. The molecular formula is C14H18N2O3. The van der Waals surface area contributed by atoms with Crippen LogP contribution in [0.25, 0.3) is 0 Å². The van der Waals surface area contributed by atoms with Crippen molar-refractivity contribution in [3.05, 3.63) is 30.1 Å². The summed E-state index contributed by atoms with van der Waals surface area (Å²) in [4.78, 5) is 27.6. The molecule has 2 rings (SSSR count). The smallest absolute Gasteiger partial charge is 0.329 e. The van der Waals surface area contributed by atoms with E-state index in [0.29, 0.717) is 12.0 Å². The van der Waals surface area contributed by atoms with E-state index >= 15 is 0 Å². The molecule has 0 spiro atoms. The van der Waals surface area contributed by atoms with Gasteiger partial charge in [0.15, 0.2) is 0 Å². The van der Waals surface area contributed by atoms with E-state index in [9.17, 15) is 14.7 Å². The van der Waals surface area contributed by atoms with Gasteiger partial charge in [-0.25, -0.2) is 4.79 Å². The minimum atomic E-state index is -1.14. The molecule has 1 heterocycles. The first kappa shape index (κ1) is 13.5. The molecule has 2 atom stereocenters. The maximum atomic E-state index is 12.2. The number of hydrogen-bond donors (Lipinski definition) is 2. The Balaban J connectivity index is 2.22. The Morgan fingerprint density at radius 2 is 2.05 bits per heavy atom. The third-order valence-corrected chi connectivity index (χ3v) is 3.96. The zero-order chi connectivity index (χ0) is 13.9. The van der Waals surface area contributed by atoms with Gasteiger partial charge in [-0.2, -0.15) is 0 Å². The lowest BCUT2D eigenvalue weighted by Crippen LogP contribution is -2.60. The van der Waals surface area contributed by atoms with Crippen molar-refractivity contribution in [3.63, 3.8) is 0 Å². The largest absolute Gasteiger partial charge is 0.479 e. The Labute approximate surface area is 112 Å². The normalized spacial score (nSPS) is 26.7. The second kappa shape index (κ2) is 5.38. The summed E-state index contributed by atoms with van der Waals surface area (Å²) in [6, 6.07) is 3.16. The van der Waals surface area contributed by atoms with Crippen molar-refractivity contribution in [1.82, 2.24) is 10.3 Å². The molecule has 0 aromatic carbocycles. The van der Waals surface area contributed by atoms with Gasteiger partial charge < -0.3 is 10.4 Å². The fraction of sp³-hybridized carbons (Fsp3) is 0.500. The highest BCUT2D eigenvalue weighted by atomic mass is 16.4. The monoisotopic (exact) mass is 262 g/mol. The summed E-state index contributed by atoms with van der Waals surface area (Å²) >= 11 is 0. The molecule has 1 fully saturated rings. The summed E-state index contributed by atoms with van der Waals surface area (Å²) in [6.45, 7) is 1.89. The molecule has 0 saturated heterocycles. The lowest BCUT2D eigenvalue weighted by atomic mass is 9.73. The van der Waals surface area contributed by atoms with Gasteiger partial charge >= 0.3 is 5.97 Å². The third kappa shape index (κ3) is 2.59. The van der Waals surface area contributed by atoms with E-state index in [1.807, 2.05) is 6.92 Å². The van der Waals surface area contributed by atoms with E-state index in [2.05, 4.69) is 10.3 Å². The first-order valence-corrected chi connectivity index (χ1v) is 6.52. The molecule has 1 aromatic rings. The fourth-order valence-corrected chi connectivity index (χ4v) is 2.68. The van der Waals surface area contributed by atoms with Crippen LogP contribution in [-0.4, -0.2) is 27.5 Å². The molecule has 1 amide bonds. The second-order valence-electron chi connectivity index (χ2n) is 5.11. The molecule has 0 aliphatic heterocycles. The Bertz CT molecular complexity index is 475. The molecule has 1 aromatic heterocycles. The second-order valence-corrected chi connectivity index (χ2v) is 5.11. The van der Waals surface area contributed by atoms with Gasteiger partial charge in [0.25, 0.3) is 5.91 Å². The van der Waals surface area contributed by atoms with Gasteiger partial charge in [0.05, 0.1) is 0 Å². The Morgan fingerprint density at radius 3 is 2.63 bits per heavy atom. The van der Waals surface area contributed by atoms with Crippen molar-refractivity contribution in [2.24, 2.45) is 5.92 Å². The van der Waals surface area contributed by atoms with Crippen LogP contribution in [0, 0.1) is 5.92 Å². The van der Waals surface area contributed by atoms with Gasteiger partial charge in [-0.05, 0) is 30.9 Å². The van der Waals surface area contributed by atoms with Gasteiger partial charge in [0.1, 0.15) is 5.54 Å². The Kier molecular flexibility index (Phi) is 3.83. The van der Waals surface area contributed by atoms with Gasteiger partial charge in [-0.3, -0.25) is 9.78 Å². The van der Waals surface area contributed by atoms with Crippen LogP contribution < -0.4 is 5.32 Å². The summed E-state index contributed by atoms with van der Waals surface area (Å²) in [6.07, 6.45) is 6.19. The number of aromatic nitrogens is 1. The number of rotatable bonds is 3. The average Bonchev–Trinajstić information content (AvgIpc) is 2.42. The van der Waals surface area contributed by atoms with Crippen molar-refractivity contribution in [3.8, 4) is 0 Å². The maximum absolute atomic E-state index is 12.2. The zero-order valence-electron chi connectivity index (χ0n) is 10.9. The molecule has 2 unspecified atom stereocenters. The van der Waals surface area contributed by atoms with Crippen molar-refractivity contribution in [2.45, 2.75) is 38.1 Å². The molecule has 0 bridgehead atoms. The minimum Gasteiger partial charge on any atom is -0.479 e. The number of hydrogen-bond acceptors (Lipinski definition) is 3. The van der Waals surface area contributed by atoms with E-state index in [-0.39, 0.29) is 11.8 Å². The van der Waals surface area contributed by atoms with Crippen LogP contribution in [0.4, 0.5) is 0 Å². The topological polar surface area (TPSA) is 79.3 Å². The number of carbonyl (C=O) groups is 2. The van der Waals surface area contributed by atoms with Crippen molar-refractivity contribution >= 4 is 11.9 Å². The maximum Gasteiger partial charge on any atom is 0.329 e. The predicted octanol–water partition coefficient (Wildman–Crippen LogP) is 1.84. The molecule has 5 nitrogen and oxygen atoms in total. The summed E-state index contributed by atoms with van der Waals surface area (Å²) in [5.74, 6) is -1.36. The number of carboxylic acids is 1. The van der Waals surface area contributed by atoms with Gasteiger partial charge in [0, 0.05) is 18.0 Å². The van der Waals surface area contributed by atoms with Crippen LogP contribution in [0.15, 0.2) is 24.5 Å². The molecular weight excluding hydrogens is 244 g/mol. The summed E-state index contributed by atoms with van der Waals surface area (Å²) in [5.41, 5.74) is -0.702. The van der Waals surface area contributed by atoms with Gasteiger partial charge in [-0.1, -0.05) is 19.8 Å². The Hall–Kier alpha value is -1.91. The quantitative estimate of drug-likeness (QED) is 0.871. The highest BCUT2D eigenvalue weighted by Gasteiger charge is 2.46. The van der Waals surface area contributed by atoms with Crippen LogP contribution in [0.2, 0.25) is 0 Å². The van der Waals surface area contributed by atoms with E-state index in [0.717, 1.165) is 19.3 Å². The van der Waals surface area contributed by atoms with E-state index < -0.39 is 11.5 Å². The lowest BCUT2D eigenvalue weighted by molar-refractivity contribution is -0.148. The number of pyridine rings is 1. The number of aliphatic carboxylic acids is 1. The molecule has 102 valence electrons. The molecule has 0 radical (unpaired) electrons. The van der Waals surface area contributed by atoms with Crippen LogP contribution >= 0.6 is 0 Å². The molecule has 19 heavy (non-hydrogen) atoms. The van der Waals surface area contributed by atoms with E-state index in [1.54, 1.807) is 12.1 Å². The predicted molar refractivity (Wildman–Crippen MR) is 69.7 cm³/mol. The van der Waals surface area contributed by atoms with E-state index in [1.165, 1.54) is 12.4 Å². The van der Waals surface area contributed by atoms with Crippen LogP contribution in [0.1, 0.15) is 43.0 Å². The molecule has 5 heteroatoms. The third-order valence-electron chi connectivity index (χ3n) is 3.96. The average molecular weight is 262 g/mol. The van der Waals surface area contributed by atoms with Crippen molar-refractivity contribution < 1.29 is 14.7 Å². The summed E-state index contributed by atoms with van der Waals surface area (Å²) < 4.78 is 0. The molecule has 1 aliphatic rings. The van der Waals surface area contributed by atoms with Gasteiger partial charge in [-0.15, -0.1) is 0 Å². The highest BCUT2D eigenvalue weighted by Crippen LogP contribution is 2.34. The number of carbonyl (C=O) groups excluding carboxylic acids is 1. The summed E-state index contributed by atoms with van der Waals surface area (Å²) in [7, 11) is 0. The van der Waals surface area contributed by atoms with Crippen LogP contribution in [0.3, 0.4) is 0 Å². The van der Waals surface area contributed by atoms with Crippen molar-refractivity contribution in [2.75, 3.05) is 0 Å². The first-order valence-electron chi connectivity index (χ1n) is 6.52. The molecule has 1 saturated carbocycles. The number of amides is 1.